The van der Waals surface area contributed by atoms with E-state index in [9.17, 15) is 19.2 Å². The van der Waals surface area contributed by atoms with Crippen LogP contribution in [0.25, 0.3) is 10.8 Å². The maximum absolute atomic E-state index is 14.2. The van der Waals surface area contributed by atoms with Crippen LogP contribution in [0.4, 0.5) is 11.4 Å². The minimum Gasteiger partial charge on any atom is -0.306 e. The molecule has 2 atom stereocenters. The number of carbonyl (C=O) groups excluding carboxylic acids is 4. The lowest BCUT2D eigenvalue weighted by molar-refractivity contribution is -0.123. The first-order valence-corrected chi connectivity index (χ1v) is 13.7. The molecule has 2 heterocycles. The van der Waals surface area contributed by atoms with Crippen molar-refractivity contribution in [3.05, 3.63) is 108 Å². The molecule has 0 saturated heterocycles. The number of para-hydroxylation sites is 2. The number of hydrogen-bond acceptors (Lipinski definition) is 4. The predicted octanol–water partition coefficient (Wildman–Crippen LogP) is 5.18. The minimum absolute atomic E-state index is 0.00100. The molecule has 4 amide bonds. The highest BCUT2D eigenvalue weighted by molar-refractivity contribution is 6.23. The fourth-order valence-corrected chi connectivity index (χ4v) is 6.61. The smallest absolute Gasteiger partial charge is 0.262 e. The summed E-state index contributed by atoms with van der Waals surface area (Å²) in [6.45, 7) is 0.00225. The van der Waals surface area contributed by atoms with E-state index < -0.39 is 11.8 Å². The van der Waals surface area contributed by atoms with E-state index in [4.69, 9.17) is 0 Å². The van der Waals surface area contributed by atoms with Gasteiger partial charge in [0.2, 0.25) is 11.8 Å². The van der Waals surface area contributed by atoms with Crippen molar-refractivity contribution in [2.75, 3.05) is 16.3 Å². The molecule has 2 aliphatic heterocycles. The van der Waals surface area contributed by atoms with Crippen molar-refractivity contribution in [1.82, 2.24) is 4.90 Å². The summed E-state index contributed by atoms with van der Waals surface area (Å²) < 4.78 is 0. The van der Waals surface area contributed by atoms with E-state index in [0.29, 0.717) is 41.9 Å². The first-order valence-electron chi connectivity index (χ1n) is 13.7. The Kier molecular flexibility index (Phi) is 5.73. The van der Waals surface area contributed by atoms with E-state index in [2.05, 4.69) is 18.2 Å². The average molecular weight is 530 g/mol. The van der Waals surface area contributed by atoms with Gasteiger partial charge in [0.1, 0.15) is 6.54 Å². The third-order valence-electron chi connectivity index (χ3n) is 8.48. The number of benzene rings is 4. The van der Waals surface area contributed by atoms with Gasteiger partial charge in [-0.25, -0.2) is 0 Å². The van der Waals surface area contributed by atoms with Gasteiger partial charge in [-0.1, -0.05) is 73.2 Å². The van der Waals surface area contributed by atoms with E-state index in [1.807, 2.05) is 53.4 Å². The monoisotopic (exact) mass is 529 g/mol. The Morgan fingerprint density at radius 3 is 2.12 bits per heavy atom. The van der Waals surface area contributed by atoms with Crippen LogP contribution < -0.4 is 9.80 Å². The summed E-state index contributed by atoms with van der Waals surface area (Å²) in [7, 11) is 0. The van der Waals surface area contributed by atoms with Gasteiger partial charge >= 0.3 is 0 Å². The maximum atomic E-state index is 14.2. The Morgan fingerprint density at radius 1 is 0.700 bits per heavy atom. The lowest BCUT2D eigenvalue weighted by Gasteiger charge is -2.31. The van der Waals surface area contributed by atoms with Crippen LogP contribution >= 0.6 is 0 Å². The molecule has 0 N–H and O–H groups in total. The molecule has 4 aromatic rings. The molecule has 0 radical (unpaired) electrons. The summed E-state index contributed by atoms with van der Waals surface area (Å²) in [4.78, 5) is 58.9. The Bertz CT molecular complexity index is 1670. The summed E-state index contributed by atoms with van der Waals surface area (Å²) in [5.41, 5.74) is 2.94. The second-order valence-corrected chi connectivity index (χ2v) is 10.7. The molecule has 1 fully saturated rings. The number of imide groups is 1. The van der Waals surface area contributed by atoms with E-state index in [0.717, 1.165) is 27.7 Å². The number of fused-ring (bicyclic) bond motifs is 4. The molecule has 4 aromatic carbocycles. The lowest BCUT2D eigenvalue weighted by Crippen LogP contribution is -2.49. The summed E-state index contributed by atoms with van der Waals surface area (Å²) in [6, 6.07) is 28.0. The second kappa shape index (κ2) is 9.45. The zero-order chi connectivity index (χ0) is 27.4. The van der Waals surface area contributed by atoms with Crippen LogP contribution in [0.3, 0.4) is 0 Å². The molecule has 0 spiro atoms. The van der Waals surface area contributed by atoms with Crippen LogP contribution in [0.15, 0.2) is 91.0 Å². The number of hydrogen-bond donors (Lipinski definition) is 0. The van der Waals surface area contributed by atoms with Crippen molar-refractivity contribution < 1.29 is 19.2 Å². The van der Waals surface area contributed by atoms with Crippen molar-refractivity contribution in [2.24, 2.45) is 5.92 Å². The first-order chi connectivity index (χ1) is 19.5. The van der Waals surface area contributed by atoms with Crippen LogP contribution in [0.2, 0.25) is 0 Å². The number of nitrogens with zero attached hydrogens (tertiary/aromatic N) is 3. The van der Waals surface area contributed by atoms with Crippen LogP contribution in [0.1, 0.15) is 45.5 Å². The quantitative estimate of drug-likeness (QED) is 0.341. The molecule has 198 valence electrons. The SMILES string of the molecule is O=C1c2ccccc2C(=O)N1CC(=O)N1c2ccccc2N(Cc2cccc3ccccc23)C(=O)C2CCCC21. The van der Waals surface area contributed by atoms with Crippen LogP contribution in [-0.2, 0) is 16.1 Å². The van der Waals surface area contributed by atoms with Gasteiger partial charge < -0.3 is 9.80 Å². The zero-order valence-corrected chi connectivity index (χ0v) is 21.8. The number of anilines is 2. The summed E-state index contributed by atoms with van der Waals surface area (Å²) in [5.74, 6) is -1.66. The van der Waals surface area contributed by atoms with Crippen LogP contribution in [0.5, 0.6) is 0 Å². The fourth-order valence-electron chi connectivity index (χ4n) is 6.61. The van der Waals surface area contributed by atoms with Crippen molar-refractivity contribution in [3.63, 3.8) is 0 Å². The van der Waals surface area contributed by atoms with Gasteiger partial charge in [-0.2, -0.15) is 0 Å². The van der Waals surface area contributed by atoms with Crippen LogP contribution in [0, 0.1) is 5.92 Å². The highest BCUT2D eigenvalue weighted by Gasteiger charge is 2.47. The number of amides is 4. The van der Waals surface area contributed by atoms with Gasteiger partial charge in [0, 0.05) is 6.04 Å². The fraction of sp³-hybridized carbons (Fsp3) is 0.212. The normalized spacial score (nSPS) is 20.0. The molecule has 7 heteroatoms. The third-order valence-corrected chi connectivity index (χ3v) is 8.48. The Balaban J connectivity index is 1.27. The van der Waals surface area contributed by atoms with Gasteiger partial charge in [0.25, 0.3) is 11.8 Å². The lowest BCUT2D eigenvalue weighted by atomic mass is 9.99. The molecule has 3 aliphatic rings. The summed E-state index contributed by atoms with van der Waals surface area (Å²) >= 11 is 0. The van der Waals surface area contributed by atoms with Gasteiger partial charge in [0.15, 0.2) is 0 Å². The first kappa shape index (κ1) is 24.3. The van der Waals surface area contributed by atoms with E-state index >= 15 is 0 Å². The van der Waals surface area contributed by atoms with Crippen molar-refractivity contribution in [1.29, 1.82) is 0 Å². The van der Waals surface area contributed by atoms with Crippen molar-refractivity contribution >= 4 is 45.8 Å². The van der Waals surface area contributed by atoms with Crippen molar-refractivity contribution in [3.8, 4) is 0 Å². The molecule has 1 aliphatic carbocycles. The standard InChI is InChI=1S/C33H27N3O4/c37-30(20-35-31(38)24-13-3-4-14-25(24)32(35)39)36-27-18-8-15-26(27)33(40)34(28-16-5-6-17-29(28)36)19-22-11-7-10-21-9-1-2-12-23(21)22/h1-7,9-14,16-17,26-27H,8,15,18-20H2. The topological polar surface area (TPSA) is 78.0 Å². The molecular weight excluding hydrogens is 502 g/mol. The largest absolute Gasteiger partial charge is 0.306 e. The average Bonchev–Trinajstić information content (AvgIpc) is 3.53. The molecule has 0 bridgehead atoms. The Labute approximate surface area is 231 Å². The number of rotatable bonds is 4. The van der Waals surface area contributed by atoms with E-state index in [1.54, 1.807) is 29.2 Å². The van der Waals surface area contributed by atoms with Gasteiger partial charge in [-0.05, 0) is 53.4 Å². The molecule has 7 rings (SSSR count). The predicted molar refractivity (Wildman–Crippen MR) is 152 cm³/mol. The van der Waals surface area contributed by atoms with Gasteiger partial charge in [0.05, 0.1) is 35.0 Å². The third kappa shape index (κ3) is 3.72. The van der Waals surface area contributed by atoms with Crippen LogP contribution in [-0.4, -0.2) is 41.1 Å². The highest BCUT2D eigenvalue weighted by Crippen LogP contribution is 2.44. The Morgan fingerprint density at radius 2 is 1.35 bits per heavy atom. The number of carbonyl (C=O) groups is 4. The highest BCUT2D eigenvalue weighted by atomic mass is 16.2. The minimum atomic E-state index is -0.464. The van der Waals surface area contributed by atoms with E-state index in [1.165, 1.54) is 0 Å². The second-order valence-electron chi connectivity index (χ2n) is 10.7. The van der Waals surface area contributed by atoms with Crippen molar-refractivity contribution in [2.45, 2.75) is 31.8 Å². The molecule has 7 nitrogen and oxygen atoms in total. The Hall–Kier alpha value is -4.78. The summed E-state index contributed by atoms with van der Waals surface area (Å²) in [6.07, 6.45) is 2.18. The van der Waals surface area contributed by atoms with Gasteiger partial charge in [-0.15, -0.1) is 0 Å². The van der Waals surface area contributed by atoms with Gasteiger partial charge in [-0.3, -0.25) is 24.1 Å². The zero-order valence-electron chi connectivity index (χ0n) is 21.8. The van der Waals surface area contributed by atoms with E-state index in [-0.39, 0.29) is 30.3 Å². The summed E-state index contributed by atoms with van der Waals surface area (Å²) in [5, 5.41) is 2.19. The maximum Gasteiger partial charge on any atom is 0.262 e. The molecule has 2 unspecified atom stereocenters. The molecule has 1 saturated carbocycles. The molecule has 0 aromatic heterocycles. The molecular formula is C33H27N3O4. The molecule has 40 heavy (non-hydrogen) atoms.